The summed E-state index contributed by atoms with van der Waals surface area (Å²) in [5.74, 6) is -1.84. The lowest BCUT2D eigenvalue weighted by Crippen LogP contribution is -2.36. The molecule has 1 unspecified atom stereocenters. The standard InChI is InChI=1S/C13H24NO5P/c1-5-19-13(17)11(10-12(15)16)6-8-20(18)9-7-14(2,3)4/h10,20H,5-9H2,1-4H3/p+1/b11-10-. The van der Waals surface area contributed by atoms with Gasteiger partial charge in [-0.3, -0.25) is 0 Å². The molecule has 0 saturated carbocycles. The summed E-state index contributed by atoms with van der Waals surface area (Å²) in [6, 6.07) is 0. The van der Waals surface area contributed by atoms with Gasteiger partial charge in [0.25, 0.3) is 0 Å². The summed E-state index contributed by atoms with van der Waals surface area (Å²) in [6.07, 6.45) is 1.95. The molecule has 0 aromatic rings. The summed E-state index contributed by atoms with van der Waals surface area (Å²) in [4.78, 5) is 22.2. The van der Waals surface area contributed by atoms with Crippen LogP contribution in [0.1, 0.15) is 13.3 Å². The maximum Gasteiger partial charge on any atom is 0.334 e. The zero-order valence-corrected chi connectivity index (χ0v) is 13.6. The van der Waals surface area contributed by atoms with Gasteiger partial charge in [-0.2, -0.15) is 0 Å². The Labute approximate surface area is 120 Å². The Morgan fingerprint density at radius 2 is 1.85 bits per heavy atom. The van der Waals surface area contributed by atoms with Gasteiger partial charge in [0.1, 0.15) is 0 Å². The molecule has 6 nitrogen and oxygen atoms in total. The molecule has 1 N–H and O–H groups in total. The Balaban J connectivity index is 4.44. The lowest BCUT2D eigenvalue weighted by molar-refractivity contribution is -0.867. The Bertz CT molecular complexity index is 398. The van der Waals surface area contributed by atoms with Crippen molar-refractivity contribution >= 4 is 19.7 Å². The van der Waals surface area contributed by atoms with Crippen LogP contribution in [0.4, 0.5) is 0 Å². The van der Waals surface area contributed by atoms with Crippen molar-refractivity contribution in [1.82, 2.24) is 0 Å². The van der Waals surface area contributed by atoms with E-state index in [9.17, 15) is 14.2 Å². The molecule has 0 aliphatic heterocycles. The summed E-state index contributed by atoms with van der Waals surface area (Å²) < 4.78 is 17.4. The fourth-order valence-corrected chi connectivity index (χ4v) is 3.18. The third-order valence-electron chi connectivity index (χ3n) is 2.57. The van der Waals surface area contributed by atoms with E-state index in [1.165, 1.54) is 0 Å². The number of carbonyl (C=O) groups is 2. The van der Waals surface area contributed by atoms with Gasteiger partial charge in [-0.05, 0) is 13.3 Å². The maximum absolute atomic E-state index is 11.9. The van der Waals surface area contributed by atoms with Crippen LogP contribution in [0.5, 0.6) is 0 Å². The highest BCUT2D eigenvalue weighted by molar-refractivity contribution is 7.44. The summed E-state index contributed by atoms with van der Waals surface area (Å²) in [6.45, 7) is 2.63. The SMILES string of the molecule is CCOC(=O)/C(=C\C(=O)O)CC[PH](=O)CC[N+](C)(C)C. The van der Waals surface area contributed by atoms with Gasteiger partial charge in [0.15, 0.2) is 0 Å². The fourth-order valence-electron chi connectivity index (χ4n) is 1.47. The van der Waals surface area contributed by atoms with Crippen LogP contribution in [-0.4, -0.2) is 68.1 Å². The van der Waals surface area contributed by atoms with E-state index in [0.717, 1.165) is 17.1 Å². The summed E-state index contributed by atoms with van der Waals surface area (Å²) in [7, 11) is 4.24. The molecule has 0 aromatic carbocycles. The number of esters is 1. The molecule has 0 aliphatic carbocycles. The number of nitrogens with zero attached hydrogens (tertiary/aromatic N) is 1. The second kappa shape index (κ2) is 8.93. The van der Waals surface area contributed by atoms with Crippen molar-refractivity contribution in [3.05, 3.63) is 11.6 Å². The van der Waals surface area contributed by atoms with Crippen LogP contribution in [-0.2, 0) is 18.9 Å². The number of carboxylic acids is 1. The number of carboxylic acid groups (broad SMARTS) is 1. The minimum atomic E-state index is -1.81. The van der Waals surface area contributed by atoms with Crippen molar-refractivity contribution in [2.24, 2.45) is 0 Å². The van der Waals surface area contributed by atoms with Gasteiger partial charge in [-0.1, -0.05) is 0 Å². The monoisotopic (exact) mass is 306 g/mol. The molecule has 116 valence electrons. The van der Waals surface area contributed by atoms with Crippen LogP contribution in [0, 0.1) is 0 Å². The number of hydrogen-bond donors (Lipinski definition) is 1. The molecule has 0 rings (SSSR count). The zero-order valence-electron chi connectivity index (χ0n) is 12.6. The number of rotatable bonds is 9. The minimum absolute atomic E-state index is 0.0722. The molecular weight excluding hydrogens is 281 g/mol. The molecule has 1 atom stereocenters. The van der Waals surface area contributed by atoms with E-state index in [0.29, 0.717) is 12.3 Å². The van der Waals surface area contributed by atoms with E-state index in [4.69, 9.17) is 9.84 Å². The largest absolute Gasteiger partial charge is 0.478 e. The average molecular weight is 306 g/mol. The number of carbonyl (C=O) groups excluding carboxylic acids is 1. The van der Waals surface area contributed by atoms with E-state index < -0.39 is 19.7 Å². The van der Waals surface area contributed by atoms with Crippen LogP contribution in [0.3, 0.4) is 0 Å². The smallest absolute Gasteiger partial charge is 0.334 e. The van der Waals surface area contributed by atoms with Gasteiger partial charge in [-0.15, -0.1) is 0 Å². The molecule has 0 bridgehead atoms. The summed E-state index contributed by atoms with van der Waals surface area (Å²) in [5.41, 5.74) is 0.0722. The lowest BCUT2D eigenvalue weighted by atomic mass is 10.2. The number of ether oxygens (including phenoxy) is 1. The van der Waals surface area contributed by atoms with Gasteiger partial charge >= 0.3 is 11.9 Å². The van der Waals surface area contributed by atoms with Gasteiger partial charge in [-0.25, -0.2) is 9.59 Å². The van der Waals surface area contributed by atoms with Crippen LogP contribution in [0.25, 0.3) is 0 Å². The maximum atomic E-state index is 11.9. The van der Waals surface area contributed by atoms with E-state index in [-0.39, 0.29) is 18.6 Å². The first-order valence-corrected chi connectivity index (χ1v) is 8.40. The van der Waals surface area contributed by atoms with Crippen molar-refractivity contribution in [3.8, 4) is 0 Å². The molecule has 20 heavy (non-hydrogen) atoms. The topological polar surface area (TPSA) is 80.7 Å². The van der Waals surface area contributed by atoms with E-state index in [2.05, 4.69) is 0 Å². The first-order valence-electron chi connectivity index (χ1n) is 6.58. The normalized spacial score (nSPS) is 13.9. The third-order valence-corrected chi connectivity index (χ3v) is 4.16. The van der Waals surface area contributed by atoms with Gasteiger partial charge in [0.05, 0.1) is 42.1 Å². The quantitative estimate of drug-likeness (QED) is 0.300. The second-order valence-corrected chi connectivity index (χ2v) is 7.61. The first-order chi connectivity index (χ1) is 9.15. The minimum Gasteiger partial charge on any atom is -0.478 e. The number of hydrogen-bond acceptors (Lipinski definition) is 4. The van der Waals surface area contributed by atoms with E-state index in [1.807, 2.05) is 21.1 Å². The molecule has 0 aromatic heterocycles. The van der Waals surface area contributed by atoms with Crippen LogP contribution in [0.15, 0.2) is 11.6 Å². The van der Waals surface area contributed by atoms with Crippen LogP contribution < -0.4 is 0 Å². The molecule has 0 saturated heterocycles. The first kappa shape index (κ1) is 18.9. The summed E-state index contributed by atoms with van der Waals surface area (Å²) >= 11 is 0. The molecule has 0 amide bonds. The molecule has 0 radical (unpaired) electrons. The molecule has 7 heteroatoms. The molecule has 0 fully saturated rings. The summed E-state index contributed by atoms with van der Waals surface area (Å²) in [5, 5.41) is 8.72. The third kappa shape index (κ3) is 9.75. The Hall–Kier alpha value is -1.13. The van der Waals surface area contributed by atoms with Gasteiger partial charge in [0.2, 0.25) is 0 Å². The van der Waals surface area contributed by atoms with Crippen molar-refractivity contribution in [3.63, 3.8) is 0 Å². The molecule has 0 spiro atoms. The van der Waals surface area contributed by atoms with Crippen molar-refractivity contribution in [1.29, 1.82) is 0 Å². The van der Waals surface area contributed by atoms with Crippen LogP contribution >= 0.6 is 7.80 Å². The lowest BCUT2D eigenvalue weighted by Gasteiger charge is -2.23. The Morgan fingerprint density at radius 1 is 1.25 bits per heavy atom. The molecule has 0 aliphatic rings. The Kier molecular flexibility index (Phi) is 8.42. The van der Waals surface area contributed by atoms with Crippen molar-refractivity contribution in [2.75, 3.05) is 46.6 Å². The van der Waals surface area contributed by atoms with Crippen molar-refractivity contribution in [2.45, 2.75) is 13.3 Å². The van der Waals surface area contributed by atoms with Crippen molar-refractivity contribution < 1.29 is 28.5 Å². The highest BCUT2D eigenvalue weighted by Gasteiger charge is 2.15. The van der Waals surface area contributed by atoms with E-state index >= 15 is 0 Å². The number of quaternary nitrogens is 1. The Morgan fingerprint density at radius 3 is 2.30 bits per heavy atom. The zero-order chi connectivity index (χ0) is 15.8. The van der Waals surface area contributed by atoms with Gasteiger partial charge in [0, 0.05) is 24.0 Å². The average Bonchev–Trinajstić information content (AvgIpc) is 2.30. The van der Waals surface area contributed by atoms with Crippen LogP contribution in [0.2, 0.25) is 0 Å². The number of aliphatic carboxylic acids is 1. The fraction of sp³-hybridized carbons (Fsp3) is 0.692. The second-order valence-electron chi connectivity index (χ2n) is 5.53. The van der Waals surface area contributed by atoms with Gasteiger partial charge < -0.3 is 18.9 Å². The predicted octanol–water partition coefficient (Wildman–Crippen LogP) is 1.22. The van der Waals surface area contributed by atoms with E-state index in [1.54, 1.807) is 6.92 Å². The highest BCUT2D eigenvalue weighted by Crippen LogP contribution is 2.24. The molecular formula is C13H25NO5P+. The molecule has 0 heterocycles. The highest BCUT2D eigenvalue weighted by atomic mass is 31.1. The predicted molar refractivity (Wildman–Crippen MR) is 78.6 cm³/mol.